The van der Waals surface area contributed by atoms with E-state index < -0.39 is 0 Å². The molecule has 1 fully saturated rings. The average molecular weight is 315 g/mol. The van der Waals surface area contributed by atoms with E-state index in [1.54, 1.807) is 13.3 Å². The highest BCUT2D eigenvalue weighted by Gasteiger charge is 2.30. The van der Waals surface area contributed by atoms with Crippen LogP contribution in [-0.4, -0.2) is 47.6 Å². The maximum absolute atomic E-state index is 12.7. The Morgan fingerprint density at radius 2 is 2.22 bits per heavy atom. The number of methoxy groups -OCH3 is 1. The van der Waals surface area contributed by atoms with Crippen molar-refractivity contribution in [3.05, 3.63) is 47.5 Å². The first-order chi connectivity index (χ1) is 11.2. The third-order valence-corrected chi connectivity index (χ3v) is 4.00. The van der Waals surface area contributed by atoms with Crippen LogP contribution >= 0.6 is 0 Å². The third kappa shape index (κ3) is 3.53. The molecule has 0 spiro atoms. The van der Waals surface area contributed by atoms with Crippen molar-refractivity contribution in [3.8, 4) is 5.75 Å². The first-order valence-corrected chi connectivity index (χ1v) is 7.69. The van der Waals surface area contributed by atoms with Gasteiger partial charge in [0, 0.05) is 18.4 Å². The monoisotopic (exact) mass is 315 g/mol. The fraction of sp³-hybridized carbons (Fsp3) is 0.412. The molecule has 1 atom stereocenters. The van der Waals surface area contributed by atoms with E-state index in [2.05, 4.69) is 9.97 Å². The third-order valence-electron chi connectivity index (χ3n) is 4.00. The number of hydrogen-bond donors (Lipinski definition) is 1. The number of amides is 1. The number of morpholine rings is 1. The molecule has 1 saturated heterocycles. The van der Waals surface area contributed by atoms with Gasteiger partial charge < -0.3 is 19.4 Å². The van der Waals surface area contributed by atoms with Gasteiger partial charge in [-0.2, -0.15) is 0 Å². The second kappa shape index (κ2) is 6.83. The molecule has 6 nitrogen and oxygen atoms in total. The molecule has 3 rings (SSSR count). The summed E-state index contributed by atoms with van der Waals surface area (Å²) in [5.74, 6) is 1.65. The van der Waals surface area contributed by atoms with Crippen molar-refractivity contribution in [2.75, 3.05) is 26.9 Å². The number of carbonyl (C=O) groups is 1. The SMILES string of the molecule is COc1ccc(CC(=O)N2CCOC[C@H]2c2ncc(C)[nH]2)cc1. The van der Waals surface area contributed by atoms with Gasteiger partial charge in [0.25, 0.3) is 0 Å². The molecule has 1 amide bonds. The van der Waals surface area contributed by atoms with E-state index in [-0.39, 0.29) is 11.9 Å². The molecule has 0 unspecified atom stereocenters. The number of hydrogen-bond acceptors (Lipinski definition) is 4. The zero-order chi connectivity index (χ0) is 16.2. The van der Waals surface area contributed by atoms with Gasteiger partial charge in [-0.3, -0.25) is 4.79 Å². The summed E-state index contributed by atoms with van der Waals surface area (Å²) in [7, 11) is 1.63. The molecule has 1 N–H and O–H groups in total. The molecule has 0 aliphatic carbocycles. The molecule has 1 aliphatic rings. The molecule has 122 valence electrons. The molecule has 0 saturated carbocycles. The number of rotatable bonds is 4. The predicted octanol–water partition coefficient (Wildman–Crippen LogP) is 1.87. The Morgan fingerprint density at radius 3 is 2.87 bits per heavy atom. The number of ether oxygens (including phenoxy) is 2. The first-order valence-electron chi connectivity index (χ1n) is 7.69. The molecule has 2 aromatic rings. The van der Waals surface area contributed by atoms with Gasteiger partial charge in [0.05, 0.1) is 26.7 Å². The standard InChI is InChI=1S/C17H21N3O3/c1-12-10-18-17(19-12)15-11-23-8-7-20(15)16(21)9-13-3-5-14(22-2)6-4-13/h3-6,10,15H,7-9,11H2,1-2H3,(H,18,19)/t15-/m0/s1. The largest absolute Gasteiger partial charge is 0.497 e. The van der Waals surface area contributed by atoms with Gasteiger partial charge in [-0.05, 0) is 24.6 Å². The molecule has 1 aromatic heterocycles. The van der Waals surface area contributed by atoms with Crippen molar-refractivity contribution in [2.45, 2.75) is 19.4 Å². The Morgan fingerprint density at radius 1 is 1.43 bits per heavy atom. The van der Waals surface area contributed by atoms with Crippen LogP contribution in [0.15, 0.2) is 30.5 Å². The van der Waals surface area contributed by atoms with Crippen LogP contribution in [0.25, 0.3) is 0 Å². The first kappa shape index (κ1) is 15.6. The van der Waals surface area contributed by atoms with Gasteiger partial charge in [-0.15, -0.1) is 0 Å². The minimum atomic E-state index is -0.150. The average Bonchev–Trinajstić information content (AvgIpc) is 3.02. The maximum atomic E-state index is 12.7. The summed E-state index contributed by atoms with van der Waals surface area (Å²) >= 11 is 0. The van der Waals surface area contributed by atoms with Crippen LogP contribution in [0.4, 0.5) is 0 Å². The molecule has 1 aliphatic heterocycles. The Labute approximate surface area is 135 Å². The van der Waals surface area contributed by atoms with E-state index in [9.17, 15) is 4.79 Å². The minimum absolute atomic E-state index is 0.0810. The number of imidazole rings is 1. The summed E-state index contributed by atoms with van der Waals surface area (Å²) in [6, 6.07) is 7.43. The smallest absolute Gasteiger partial charge is 0.227 e. The highest BCUT2D eigenvalue weighted by Crippen LogP contribution is 2.23. The van der Waals surface area contributed by atoms with E-state index in [4.69, 9.17) is 9.47 Å². The van der Waals surface area contributed by atoms with Gasteiger partial charge in [0.1, 0.15) is 17.6 Å². The van der Waals surface area contributed by atoms with E-state index in [1.807, 2.05) is 36.1 Å². The number of benzene rings is 1. The Hall–Kier alpha value is -2.34. The predicted molar refractivity (Wildman–Crippen MR) is 85.3 cm³/mol. The van der Waals surface area contributed by atoms with Gasteiger partial charge in [0.15, 0.2) is 0 Å². The van der Waals surface area contributed by atoms with Crippen molar-refractivity contribution in [3.63, 3.8) is 0 Å². The van der Waals surface area contributed by atoms with Crippen molar-refractivity contribution in [1.29, 1.82) is 0 Å². The lowest BCUT2D eigenvalue weighted by atomic mass is 10.1. The van der Waals surface area contributed by atoms with Gasteiger partial charge in [-0.1, -0.05) is 12.1 Å². The molecular formula is C17H21N3O3. The summed E-state index contributed by atoms with van der Waals surface area (Å²) < 4.78 is 10.7. The van der Waals surface area contributed by atoms with Crippen LogP contribution in [0.1, 0.15) is 23.1 Å². The van der Waals surface area contributed by atoms with Crippen LogP contribution < -0.4 is 4.74 Å². The number of carbonyl (C=O) groups excluding carboxylic acids is 1. The Balaban J connectivity index is 1.73. The number of aromatic amines is 1. The summed E-state index contributed by atoms with van der Waals surface area (Å²) in [6.45, 7) is 3.56. The fourth-order valence-corrected chi connectivity index (χ4v) is 2.75. The normalized spacial score (nSPS) is 18.0. The van der Waals surface area contributed by atoms with Crippen LogP contribution in [0.2, 0.25) is 0 Å². The Bertz CT molecular complexity index is 666. The zero-order valence-electron chi connectivity index (χ0n) is 13.4. The van der Waals surface area contributed by atoms with Crippen LogP contribution in [-0.2, 0) is 16.0 Å². The van der Waals surface area contributed by atoms with Crippen molar-refractivity contribution < 1.29 is 14.3 Å². The quantitative estimate of drug-likeness (QED) is 0.935. The van der Waals surface area contributed by atoms with Gasteiger partial charge >= 0.3 is 0 Å². The summed E-state index contributed by atoms with van der Waals surface area (Å²) in [4.78, 5) is 22.1. The molecule has 0 radical (unpaired) electrons. The zero-order valence-corrected chi connectivity index (χ0v) is 13.4. The molecule has 6 heteroatoms. The molecule has 1 aromatic carbocycles. The maximum Gasteiger partial charge on any atom is 0.227 e. The molecular weight excluding hydrogens is 294 g/mol. The summed E-state index contributed by atoms with van der Waals surface area (Å²) in [6.07, 6.45) is 2.14. The second-order valence-electron chi connectivity index (χ2n) is 5.65. The van der Waals surface area contributed by atoms with Crippen LogP contribution in [0.3, 0.4) is 0 Å². The number of nitrogens with zero attached hydrogens (tertiary/aromatic N) is 2. The summed E-state index contributed by atoms with van der Waals surface area (Å²) in [5.41, 5.74) is 1.95. The van der Waals surface area contributed by atoms with E-state index in [0.29, 0.717) is 26.2 Å². The highest BCUT2D eigenvalue weighted by molar-refractivity contribution is 5.79. The van der Waals surface area contributed by atoms with E-state index in [1.165, 1.54) is 0 Å². The van der Waals surface area contributed by atoms with Crippen molar-refractivity contribution >= 4 is 5.91 Å². The number of aryl methyl sites for hydroxylation is 1. The number of H-pyrrole nitrogens is 1. The van der Waals surface area contributed by atoms with Crippen LogP contribution in [0, 0.1) is 6.92 Å². The van der Waals surface area contributed by atoms with Gasteiger partial charge in [-0.25, -0.2) is 4.98 Å². The van der Waals surface area contributed by atoms with E-state index in [0.717, 1.165) is 22.8 Å². The molecule has 0 bridgehead atoms. The van der Waals surface area contributed by atoms with Crippen LogP contribution in [0.5, 0.6) is 5.75 Å². The lowest BCUT2D eigenvalue weighted by molar-refractivity contribution is -0.139. The molecule has 2 heterocycles. The van der Waals surface area contributed by atoms with Crippen molar-refractivity contribution in [2.24, 2.45) is 0 Å². The lowest BCUT2D eigenvalue weighted by Gasteiger charge is -2.34. The highest BCUT2D eigenvalue weighted by atomic mass is 16.5. The van der Waals surface area contributed by atoms with Crippen molar-refractivity contribution in [1.82, 2.24) is 14.9 Å². The fourth-order valence-electron chi connectivity index (χ4n) is 2.75. The number of nitrogens with one attached hydrogen (secondary N) is 1. The van der Waals surface area contributed by atoms with Gasteiger partial charge in [0.2, 0.25) is 5.91 Å². The Kier molecular flexibility index (Phi) is 4.62. The number of aromatic nitrogens is 2. The minimum Gasteiger partial charge on any atom is -0.497 e. The topological polar surface area (TPSA) is 67.4 Å². The van der Waals surface area contributed by atoms with E-state index >= 15 is 0 Å². The summed E-state index contributed by atoms with van der Waals surface area (Å²) in [5, 5.41) is 0. The molecule has 23 heavy (non-hydrogen) atoms. The lowest BCUT2D eigenvalue weighted by Crippen LogP contribution is -2.44. The second-order valence-corrected chi connectivity index (χ2v) is 5.65.